The summed E-state index contributed by atoms with van der Waals surface area (Å²) >= 11 is 0. The molecular formula is C41H50N10O6. The van der Waals surface area contributed by atoms with Gasteiger partial charge in [0.25, 0.3) is 5.91 Å². The smallest absolute Gasteiger partial charge is 0.405 e. The molecule has 3 aromatic heterocycles. The number of nitrogens with zero attached hydrogens (tertiary/aromatic N) is 6. The topological polar surface area (TPSA) is 199 Å². The monoisotopic (exact) mass is 778 g/mol. The summed E-state index contributed by atoms with van der Waals surface area (Å²) in [6.07, 6.45) is 8.75. The SMILES string of the molecule is COCN[C@H](C(=O)N1CCC[C@H]1c1ncc(-c2ccc(-c3ccc(-c4cnc([C@@H]5CCCN5C(=O)[C@](C)(Cn5cccn5)OC(N)=O)[nH]4)cc3)cc2)[nH]1)[C@@H](C)OC. The predicted molar refractivity (Wildman–Crippen MR) is 211 cm³/mol. The molecule has 3 amide bonds. The van der Waals surface area contributed by atoms with Gasteiger partial charge in [0.2, 0.25) is 11.5 Å². The Morgan fingerprint density at radius 1 is 0.877 bits per heavy atom. The predicted octanol–water partition coefficient (Wildman–Crippen LogP) is 4.81. The van der Waals surface area contributed by atoms with Gasteiger partial charge in [0.1, 0.15) is 17.7 Å². The van der Waals surface area contributed by atoms with Crippen molar-refractivity contribution in [3.63, 3.8) is 0 Å². The molecule has 2 aliphatic rings. The number of hydrogen-bond acceptors (Lipinski definition) is 10. The van der Waals surface area contributed by atoms with Gasteiger partial charge in [-0.25, -0.2) is 14.8 Å². The molecule has 5 atom stereocenters. The number of imidazole rings is 2. The summed E-state index contributed by atoms with van der Waals surface area (Å²) in [4.78, 5) is 59.3. The van der Waals surface area contributed by atoms with E-state index < -0.39 is 17.7 Å². The lowest BCUT2D eigenvalue weighted by Gasteiger charge is -2.34. The van der Waals surface area contributed by atoms with Crippen LogP contribution in [0.2, 0.25) is 0 Å². The van der Waals surface area contributed by atoms with Gasteiger partial charge in [-0.05, 0) is 67.9 Å². The fraction of sp³-hybridized carbons (Fsp3) is 0.415. The number of carbonyl (C=O) groups excluding carboxylic acids is 3. The van der Waals surface area contributed by atoms with Crippen LogP contribution in [0.3, 0.4) is 0 Å². The molecular weight excluding hydrogens is 729 g/mol. The van der Waals surface area contributed by atoms with Crippen LogP contribution in [0.4, 0.5) is 4.79 Å². The number of aromatic nitrogens is 6. The summed E-state index contributed by atoms with van der Waals surface area (Å²) in [5.41, 5.74) is 9.61. The fourth-order valence-electron chi connectivity index (χ4n) is 7.91. The molecule has 0 bridgehead atoms. The van der Waals surface area contributed by atoms with E-state index in [1.54, 1.807) is 55.4 Å². The van der Waals surface area contributed by atoms with Crippen molar-refractivity contribution in [3.05, 3.63) is 91.0 Å². The standard InChI is InChI=1S/C41H50N10O6/c1-26(56-4)35(45-25-55-3)38(52)50-20-5-8-33(50)36-43-22-31(47-36)29-14-10-27(11-15-29)28-12-16-30(17-13-28)32-23-44-37(48-32)34-9-6-21-51(34)39(53)41(2,57-40(42)54)24-49-19-7-18-46-49/h7,10-19,22-23,26,33-35,45H,5-6,8-9,20-21,24-25H2,1-4H3,(H2,42,54)(H,43,47)(H,44,48)/t26-,33+,34+,35+,41+/m1/s1. The summed E-state index contributed by atoms with van der Waals surface area (Å²) in [5.74, 6) is 1.04. The molecule has 57 heavy (non-hydrogen) atoms. The molecule has 0 aliphatic carbocycles. The summed E-state index contributed by atoms with van der Waals surface area (Å²) < 4.78 is 17.6. The Hall–Kier alpha value is -5.84. The Balaban J connectivity index is 1.01. The molecule has 16 heteroatoms. The minimum Gasteiger partial charge on any atom is -0.431 e. The molecule has 2 fully saturated rings. The molecule has 5 N–H and O–H groups in total. The molecule has 0 saturated carbocycles. The number of nitrogens with two attached hydrogens (primary N) is 1. The third kappa shape index (κ3) is 8.48. The van der Waals surface area contributed by atoms with Crippen molar-refractivity contribution in [3.8, 4) is 33.6 Å². The number of likely N-dealkylation sites (tertiary alicyclic amines) is 2. The van der Waals surface area contributed by atoms with E-state index in [0.29, 0.717) is 25.3 Å². The number of aromatic amines is 2. The minimum absolute atomic E-state index is 0.0282. The number of carbonyl (C=O) groups is 3. The van der Waals surface area contributed by atoms with Crippen LogP contribution in [0, 0.1) is 0 Å². The maximum atomic E-state index is 13.9. The molecule has 300 valence electrons. The lowest BCUT2D eigenvalue weighted by Crippen LogP contribution is -2.53. The normalized spacial score (nSPS) is 19.0. The summed E-state index contributed by atoms with van der Waals surface area (Å²) in [6.45, 7) is 4.86. The summed E-state index contributed by atoms with van der Waals surface area (Å²) in [6, 6.07) is 17.2. The second-order valence-electron chi connectivity index (χ2n) is 14.8. The number of ether oxygens (including phenoxy) is 3. The van der Waals surface area contributed by atoms with Gasteiger partial charge in [-0.15, -0.1) is 0 Å². The van der Waals surface area contributed by atoms with E-state index in [4.69, 9.17) is 24.9 Å². The maximum absolute atomic E-state index is 13.9. The van der Waals surface area contributed by atoms with E-state index >= 15 is 0 Å². The second kappa shape index (κ2) is 17.1. The second-order valence-corrected chi connectivity index (χ2v) is 14.8. The number of hydrogen-bond donors (Lipinski definition) is 4. The highest BCUT2D eigenvalue weighted by Crippen LogP contribution is 2.36. The number of methoxy groups -OCH3 is 2. The number of primary amides is 1. The van der Waals surface area contributed by atoms with Gasteiger partial charge in [0.15, 0.2) is 0 Å². The number of H-pyrrole nitrogens is 2. The highest BCUT2D eigenvalue weighted by Gasteiger charge is 2.45. The quantitative estimate of drug-likeness (QED) is 0.107. The molecule has 5 heterocycles. The summed E-state index contributed by atoms with van der Waals surface area (Å²) in [5, 5.41) is 7.34. The molecule has 2 aromatic carbocycles. The minimum atomic E-state index is -1.54. The van der Waals surface area contributed by atoms with Crippen LogP contribution in [0.5, 0.6) is 0 Å². The largest absolute Gasteiger partial charge is 0.431 e. The van der Waals surface area contributed by atoms with E-state index in [-0.39, 0.29) is 43.3 Å². The first-order valence-electron chi connectivity index (χ1n) is 19.2. The molecule has 2 aliphatic heterocycles. The Kier molecular flexibility index (Phi) is 11.8. The molecule has 5 aromatic rings. The lowest BCUT2D eigenvalue weighted by molar-refractivity contribution is -0.152. The Morgan fingerprint density at radius 3 is 1.93 bits per heavy atom. The van der Waals surface area contributed by atoms with Crippen molar-refractivity contribution >= 4 is 17.9 Å². The number of rotatable bonds is 15. The van der Waals surface area contributed by atoms with Gasteiger partial charge < -0.3 is 39.7 Å². The van der Waals surface area contributed by atoms with E-state index in [2.05, 4.69) is 61.8 Å². The first kappa shape index (κ1) is 39.4. The third-order valence-corrected chi connectivity index (χ3v) is 11.0. The lowest BCUT2D eigenvalue weighted by atomic mass is 10.0. The maximum Gasteiger partial charge on any atom is 0.405 e. The van der Waals surface area contributed by atoms with Gasteiger partial charge in [0.05, 0.1) is 55.2 Å². The van der Waals surface area contributed by atoms with E-state index in [0.717, 1.165) is 58.7 Å². The average Bonchev–Trinajstić information content (AvgIpc) is 4.07. The molecule has 0 radical (unpaired) electrons. The summed E-state index contributed by atoms with van der Waals surface area (Å²) in [7, 11) is 3.19. The third-order valence-electron chi connectivity index (χ3n) is 11.0. The van der Waals surface area contributed by atoms with E-state index in [9.17, 15) is 14.4 Å². The number of benzene rings is 2. The molecule has 16 nitrogen and oxygen atoms in total. The Morgan fingerprint density at radius 2 is 1.42 bits per heavy atom. The first-order chi connectivity index (χ1) is 27.6. The Bertz CT molecular complexity index is 2130. The van der Waals surface area contributed by atoms with Gasteiger partial charge in [-0.1, -0.05) is 48.5 Å². The van der Waals surface area contributed by atoms with E-state index in [1.807, 2.05) is 30.2 Å². The van der Waals surface area contributed by atoms with Gasteiger partial charge >= 0.3 is 6.09 Å². The van der Waals surface area contributed by atoms with Crippen molar-refractivity contribution in [1.29, 1.82) is 0 Å². The van der Waals surface area contributed by atoms with Crippen LogP contribution in [-0.4, -0.2) is 109 Å². The highest BCUT2D eigenvalue weighted by molar-refractivity contribution is 5.87. The molecule has 0 unspecified atom stereocenters. The zero-order valence-corrected chi connectivity index (χ0v) is 32.7. The van der Waals surface area contributed by atoms with Gasteiger partial charge in [-0.3, -0.25) is 19.6 Å². The zero-order valence-electron chi connectivity index (χ0n) is 32.7. The van der Waals surface area contributed by atoms with Crippen LogP contribution in [0.1, 0.15) is 63.3 Å². The fourth-order valence-corrected chi connectivity index (χ4v) is 7.91. The van der Waals surface area contributed by atoms with Crippen molar-refractivity contribution in [1.82, 2.24) is 44.8 Å². The zero-order chi connectivity index (χ0) is 40.1. The van der Waals surface area contributed by atoms with E-state index in [1.165, 1.54) is 0 Å². The van der Waals surface area contributed by atoms with Crippen molar-refractivity contribution < 1.29 is 28.6 Å². The molecule has 7 rings (SSSR count). The average molecular weight is 779 g/mol. The van der Waals surface area contributed by atoms with Crippen LogP contribution >= 0.6 is 0 Å². The van der Waals surface area contributed by atoms with Crippen molar-refractivity contribution in [2.24, 2.45) is 5.73 Å². The van der Waals surface area contributed by atoms with Crippen LogP contribution in [0.25, 0.3) is 33.6 Å². The van der Waals surface area contributed by atoms with Crippen LogP contribution < -0.4 is 11.1 Å². The first-order valence-corrected chi connectivity index (χ1v) is 19.2. The molecule has 2 saturated heterocycles. The van der Waals surface area contributed by atoms with Crippen LogP contribution in [-0.2, 0) is 30.3 Å². The van der Waals surface area contributed by atoms with Crippen molar-refractivity contribution in [2.45, 2.75) is 75.9 Å². The van der Waals surface area contributed by atoms with Crippen molar-refractivity contribution in [2.75, 3.05) is 34.0 Å². The number of amides is 3. The number of nitrogens with one attached hydrogen (secondary N) is 3. The Labute approximate surface area is 331 Å². The van der Waals surface area contributed by atoms with Gasteiger partial charge in [0, 0.05) is 39.7 Å². The highest BCUT2D eigenvalue weighted by atomic mass is 16.6. The molecule has 0 spiro atoms. The van der Waals surface area contributed by atoms with Crippen LogP contribution in [0.15, 0.2) is 79.4 Å². The van der Waals surface area contributed by atoms with Gasteiger partial charge in [-0.2, -0.15) is 5.10 Å².